The Kier molecular flexibility index (Phi) is 2.64. The van der Waals surface area contributed by atoms with E-state index in [2.05, 4.69) is 25.3 Å². The highest BCUT2D eigenvalue weighted by Crippen LogP contribution is 2.19. The molecule has 0 aliphatic carbocycles. The minimum absolute atomic E-state index is 0.167. The van der Waals surface area contributed by atoms with Crippen molar-refractivity contribution >= 4 is 17.1 Å². The van der Waals surface area contributed by atoms with Gasteiger partial charge < -0.3 is 20.5 Å². The molecular weight excluding hydrogens is 246 g/mol. The molecule has 0 amide bonds. The van der Waals surface area contributed by atoms with Crippen molar-refractivity contribution in [3.05, 3.63) is 36.2 Å². The van der Waals surface area contributed by atoms with E-state index in [0.29, 0.717) is 23.7 Å². The van der Waals surface area contributed by atoms with Crippen molar-refractivity contribution < 1.29 is 10.2 Å². The van der Waals surface area contributed by atoms with E-state index in [4.69, 9.17) is 0 Å². The van der Waals surface area contributed by atoms with Crippen LogP contribution in [0.3, 0.4) is 0 Å². The summed E-state index contributed by atoms with van der Waals surface area (Å²) >= 11 is 0. The van der Waals surface area contributed by atoms with Crippen molar-refractivity contribution in [2.24, 2.45) is 0 Å². The fourth-order valence-corrected chi connectivity index (χ4v) is 1.69. The standard InChI is InChI=1S/C12H11N5O2/c18-8-3-1-7(2-4-8)5-13-12-16-10-9(11(19)17-12)14-6-15-10/h1-4,6,18H,5H2,(H3,13,14,15,16,17,19). The number of nitrogens with zero attached hydrogens (tertiary/aromatic N) is 3. The van der Waals surface area contributed by atoms with Crippen molar-refractivity contribution in [2.75, 3.05) is 5.32 Å². The molecule has 0 unspecified atom stereocenters. The van der Waals surface area contributed by atoms with E-state index in [9.17, 15) is 10.2 Å². The van der Waals surface area contributed by atoms with Gasteiger partial charge in [0, 0.05) is 6.54 Å². The smallest absolute Gasteiger partial charge is 0.244 e. The molecule has 3 rings (SSSR count). The monoisotopic (exact) mass is 257 g/mol. The number of phenols is 1. The molecule has 0 saturated carbocycles. The largest absolute Gasteiger partial charge is 0.508 e. The number of phenolic OH excluding ortho intramolecular Hbond substituents is 1. The van der Waals surface area contributed by atoms with Gasteiger partial charge in [-0.25, -0.2) is 4.98 Å². The zero-order valence-electron chi connectivity index (χ0n) is 9.83. The van der Waals surface area contributed by atoms with Gasteiger partial charge in [0.05, 0.1) is 6.33 Å². The van der Waals surface area contributed by atoms with Gasteiger partial charge in [-0.1, -0.05) is 12.1 Å². The fourth-order valence-electron chi connectivity index (χ4n) is 1.69. The maximum absolute atomic E-state index is 9.67. The van der Waals surface area contributed by atoms with Gasteiger partial charge >= 0.3 is 0 Å². The van der Waals surface area contributed by atoms with E-state index in [1.807, 2.05) is 0 Å². The Morgan fingerprint density at radius 1 is 1.11 bits per heavy atom. The Morgan fingerprint density at radius 2 is 1.89 bits per heavy atom. The molecule has 96 valence electrons. The Labute approximate surface area is 108 Å². The van der Waals surface area contributed by atoms with E-state index in [1.165, 1.54) is 6.33 Å². The average molecular weight is 257 g/mol. The van der Waals surface area contributed by atoms with Crippen LogP contribution in [0.25, 0.3) is 11.2 Å². The van der Waals surface area contributed by atoms with Crippen LogP contribution in [0.1, 0.15) is 5.56 Å². The number of benzene rings is 1. The normalized spacial score (nSPS) is 10.7. The average Bonchev–Trinajstić information content (AvgIpc) is 2.87. The van der Waals surface area contributed by atoms with E-state index in [1.54, 1.807) is 24.3 Å². The first-order chi connectivity index (χ1) is 9.22. The molecule has 0 aliphatic heterocycles. The van der Waals surface area contributed by atoms with Crippen molar-refractivity contribution in [3.8, 4) is 11.6 Å². The summed E-state index contributed by atoms with van der Waals surface area (Å²) in [6.45, 7) is 0.485. The molecular formula is C12H11N5O2. The zero-order valence-corrected chi connectivity index (χ0v) is 9.83. The van der Waals surface area contributed by atoms with Gasteiger partial charge in [-0.05, 0) is 17.7 Å². The molecule has 2 heterocycles. The Morgan fingerprint density at radius 3 is 2.68 bits per heavy atom. The van der Waals surface area contributed by atoms with Crippen LogP contribution in [-0.2, 0) is 6.54 Å². The number of hydrogen-bond donors (Lipinski definition) is 4. The van der Waals surface area contributed by atoms with Gasteiger partial charge in [-0.3, -0.25) is 0 Å². The number of imidazole rings is 1. The zero-order chi connectivity index (χ0) is 13.2. The number of anilines is 1. The van der Waals surface area contributed by atoms with Crippen LogP contribution >= 0.6 is 0 Å². The highest BCUT2D eigenvalue weighted by molar-refractivity contribution is 5.76. The van der Waals surface area contributed by atoms with Crippen molar-refractivity contribution in [1.82, 2.24) is 19.9 Å². The first kappa shape index (κ1) is 11.3. The molecule has 0 atom stereocenters. The number of H-pyrrole nitrogens is 1. The lowest BCUT2D eigenvalue weighted by molar-refractivity contribution is 0.459. The first-order valence-electron chi connectivity index (χ1n) is 5.64. The molecule has 0 spiro atoms. The Balaban J connectivity index is 1.79. The van der Waals surface area contributed by atoms with Crippen LogP contribution in [-0.4, -0.2) is 30.1 Å². The van der Waals surface area contributed by atoms with E-state index in [0.717, 1.165) is 5.56 Å². The SMILES string of the molecule is Oc1ccc(CNc2nc(O)c3nc[nH]c3n2)cc1. The van der Waals surface area contributed by atoms with Crippen LogP contribution < -0.4 is 5.32 Å². The topological polar surface area (TPSA) is 107 Å². The molecule has 1 aromatic carbocycles. The van der Waals surface area contributed by atoms with Gasteiger partial charge in [0.2, 0.25) is 11.8 Å². The molecule has 0 bridgehead atoms. The molecule has 0 radical (unpaired) electrons. The number of aromatic amines is 1. The number of fused-ring (bicyclic) bond motifs is 1. The van der Waals surface area contributed by atoms with Crippen LogP contribution in [0.5, 0.6) is 11.6 Å². The van der Waals surface area contributed by atoms with E-state index >= 15 is 0 Å². The van der Waals surface area contributed by atoms with Gasteiger partial charge in [0.15, 0.2) is 11.2 Å². The molecule has 7 nitrogen and oxygen atoms in total. The summed E-state index contributed by atoms with van der Waals surface area (Å²) in [6, 6.07) is 6.79. The number of rotatable bonds is 3. The molecule has 19 heavy (non-hydrogen) atoms. The molecule has 0 fully saturated rings. The highest BCUT2D eigenvalue weighted by atomic mass is 16.3. The maximum Gasteiger partial charge on any atom is 0.244 e. The fraction of sp³-hybridized carbons (Fsp3) is 0.0833. The molecule has 0 aliphatic rings. The van der Waals surface area contributed by atoms with Gasteiger partial charge in [-0.2, -0.15) is 9.97 Å². The second kappa shape index (κ2) is 4.45. The Bertz CT molecular complexity index is 708. The minimum atomic E-state index is -0.167. The third-order valence-corrected chi connectivity index (χ3v) is 2.65. The molecule has 0 saturated heterocycles. The van der Waals surface area contributed by atoms with E-state index in [-0.39, 0.29) is 11.6 Å². The second-order valence-corrected chi connectivity index (χ2v) is 3.99. The summed E-state index contributed by atoms with van der Waals surface area (Å²) in [7, 11) is 0. The Hall–Kier alpha value is -2.83. The molecule has 7 heteroatoms. The quantitative estimate of drug-likeness (QED) is 0.564. The summed E-state index contributed by atoms with van der Waals surface area (Å²) in [5.74, 6) is 0.360. The number of nitrogens with one attached hydrogen (secondary N) is 2. The van der Waals surface area contributed by atoms with Crippen molar-refractivity contribution in [2.45, 2.75) is 6.54 Å². The highest BCUT2D eigenvalue weighted by Gasteiger charge is 2.08. The first-order valence-corrected chi connectivity index (χ1v) is 5.64. The predicted molar refractivity (Wildman–Crippen MR) is 68.8 cm³/mol. The third-order valence-electron chi connectivity index (χ3n) is 2.65. The summed E-state index contributed by atoms with van der Waals surface area (Å²) in [5, 5.41) is 21.8. The van der Waals surface area contributed by atoms with Gasteiger partial charge in [-0.15, -0.1) is 0 Å². The lowest BCUT2D eigenvalue weighted by Gasteiger charge is -2.05. The van der Waals surface area contributed by atoms with Crippen LogP contribution in [0, 0.1) is 0 Å². The van der Waals surface area contributed by atoms with Crippen LogP contribution in [0.4, 0.5) is 5.95 Å². The summed E-state index contributed by atoms with van der Waals surface area (Å²) in [5.41, 5.74) is 1.78. The van der Waals surface area contributed by atoms with Crippen LogP contribution in [0.2, 0.25) is 0 Å². The number of aromatic nitrogens is 4. The summed E-state index contributed by atoms with van der Waals surface area (Å²) < 4.78 is 0. The molecule has 3 aromatic rings. The summed E-state index contributed by atoms with van der Waals surface area (Å²) in [4.78, 5) is 14.8. The number of aromatic hydroxyl groups is 2. The molecule has 4 N–H and O–H groups in total. The van der Waals surface area contributed by atoms with Gasteiger partial charge in [0.25, 0.3) is 0 Å². The molecule has 2 aromatic heterocycles. The summed E-state index contributed by atoms with van der Waals surface area (Å²) in [6.07, 6.45) is 1.45. The van der Waals surface area contributed by atoms with Gasteiger partial charge in [0.1, 0.15) is 5.75 Å². The van der Waals surface area contributed by atoms with Crippen LogP contribution in [0.15, 0.2) is 30.6 Å². The number of hydrogen-bond acceptors (Lipinski definition) is 6. The van der Waals surface area contributed by atoms with Crippen molar-refractivity contribution in [1.29, 1.82) is 0 Å². The minimum Gasteiger partial charge on any atom is -0.508 e. The predicted octanol–water partition coefficient (Wildman–Crippen LogP) is 1.38. The maximum atomic E-state index is 9.67. The third kappa shape index (κ3) is 2.25. The second-order valence-electron chi connectivity index (χ2n) is 3.99. The van der Waals surface area contributed by atoms with E-state index < -0.39 is 0 Å². The lowest BCUT2D eigenvalue weighted by atomic mass is 10.2. The lowest BCUT2D eigenvalue weighted by Crippen LogP contribution is -2.03. The van der Waals surface area contributed by atoms with Crippen molar-refractivity contribution in [3.63, 3.8) is 0 Å².